The van der Waals surface area contributed by atoms with Crippen molar-refractivity contribution in [1.29, 1.82) is 0 Å². The van der Waals surface area contributed by atoms with Crippen LogP contribution in [-0.2, 0) is 11.3 Å². The number of nitrogens with one attached hydrogen (secondary N) is 1. The van der Waals surface area contributed by atoms with Crippen LogP contribution in [0.5, 0.6) is 17.2 Å². The number of hydrogen-bond donors (Lipinski definition) is 2. The summed E-state index contributed by atoms with van der Waals surface area (Å²) < 4.78 is 52.5. The number of fused-ring (bicyclic) bond motifs is 1. The Balaban J connectivity index is 1.72. The van der Waals surface area contributed by atoms with Gasteiger partial charge in [0, 0.05) is 12.7 Å². The third kappa shape index (κ3) is 5.09. The van der Waals surface area contributed by atoms with Gasteiger partial charge >= 0.3 is 6.36 Å². The van der Waals surface area contributed by atoms with Crippen molar-refractivity contribution >= 4 is 17.2 Å². The van der Waals surface area contributed by atoms with Crippen LogP contribution in [0.2, 0.25) is 0 Å². The fourth-order valence-corrected chi connectivity index (χ4v) is 4.11. The number of methoxy groups -OCH3 is 1. The highest BCUT2D eigenvalue weighted by Gasteiger charge is 2.32. The van der Waals surface area contributed by atoms with Crippen molar-refractivity contribution in [2.75, 3.05) is 12.4 Å². The summed E-state index contributed by atoms with van der Waals surface area (Å²) in [6.45, 7) is 5.42. The molecule has 0 radical (unpaired) electrons. The van der Waals surface area contributed by atoms with E-state index in [2.05, 4.69) is 15.2 Å². The highest BCUT2D eigenvalue weighted by atomic mass is 19.4. The normalized spacial score (nSPS) is 15.2. The quantitative estimate of drug-likeness (QED) is 0.461. The van der Waals surface area contributed by atoms with Crippen LogP contribution < -0.4 is 14.8 Å². The zero-order valence-electron chi connectivity index (χ0n) is 19.9. The van der Waals surface area contributed by atoms with Gasteiger partial charge in [0.2, 0.25) is 0 Å². The number of anilines is 1. The molecular formula is C25H24F3N3O5. The van der Waals surface area contributed by atoms with E-state index in [4.69, 9.17) is 9.26 Å². The second-order valence-electron chi connectivity index (χ2n) is 8.35. The highest BCUT2D eigenvalue weighted by Crippen LogP contribution is 2.42. The number of benzene rings is 2. The minimum Gasteiger partial charge on any atom is -0.504 e. The minimum absolute atomic E-state index is 0.134. The molecule has 1 aliphatic heterocycles. The Hall–Kier alpha value is -4.15. The topological polar surface area (TPSA) is 97.1 Å². The summed E-state index contributed by atoms with van der Waals surface area (Å²) in [7, 11) is 1.42. The molecule has 3 aromatic rings. The Morgan fingerprint density at radius 2 is 2.00 bits per heavy atom. The van der Waals surface area contributed by atoms with Crippen LogP contribution in [0.3, 0.4) is 0 Å². The molecule has 1 unspecified atom stereocenters. The lowest BCUT2D eigenvalue weighted by Crippen LogP contribution is -2.29. The van der Waals surface area contributed by atoms with Crippen LogP contribution >= 0.6 is 0 Å². The Morgan fingerprint density at radius 3 is 2.64 bits per heavy atom. The van der Waals surface area contributed by atoms with Crippen molar-refractivity contribution < 1.29 is 37.1 Å². The smallest absolute Gasteiger partial charge is 0.504 e. The molecule has 4 rings (SSSR count). The van der Waals surface area contributed by atoms with Gasteiger partial charge in [-0.3, -0.25) is 4.79 Å². The van der Waals surface area contributed by atoms with Crippen molar-refractivity contribution in [3.8, 4) is 17.2 Å². The summed E-state index contributed by atoms with van der Waals surface area (Å²) in [4.78, 5) is 15.2. The van der Waals surface area contributed by atoms with Crippen molar-refractivity contribution in [3.05, 3.63) is 70.7 Å². The molecule has 36 heavy (non-hydrogen) atoms. The number of alkyl halides is 3. The third-order valence-corrected chi connectivity index (χ3v) is 5.90. The van der Waals surface area contributed by atoms with Crippen molar-refractivity contribution in [2.24, 2.45) is 0 Å². The number of hydrogen-bond acceptors (Lipinski definition) is 7. The number of halogens is 3. The molecule has 1 aliphatic rings. The van der Waals surface area contributed by atoms with Crippen LogP contribution in [0, 0.1) is 13.8 Å². The highest BCUT2D eigenvalue weighted by molar-refractivity contribution is 6.26. The maximum atomic E-state index is 13.4. The van der Waals surface area contributed by atoms with E-state index in [0.29, 0.717) is 33.8 Å². The molecule has 0 saturated carbocycles. The number of carbonyl (C=O) groups is 1. The molecule has 2 aromatic carbocycles. The van der Waals surface area contributed by atoms with E-state index >= 15 is 0 Å². The van der Waals surface area contributed by atoms with Crippen LogP contribution in [-0.4, -0.2) is 34.5 Å². The first kappa shape index (κ1) is 25.0. The van der Waals surface area contributed by atoms with E-state index in [9.17, 15) is 23.1 Å². The van der Waals surface area contributed by atoms with Crippen LogP contribution in [0.4, 0.5) is 18.9 Å². The SMILES string of the molecule is COc1cc2c(cc1O)C(C(=O)Nc1c(C)noc1C)=CN(Cc1cccc(OC(F)(F)F)c1)C2C. The van der Waals surface area contributed by atoms with E-state index in [1.165, 1.54) is 31.4 Å². The van der Waals surface area contributed by atoms with Crippen LogP contribution in [0.15, 0.2) is 47.1 Å². The van der Waals surface area contributed by atoms with E-state index < -0.39 is 12.3 Å². The van der Waals surface area contributed by atoms with Crippen LogP contribution in [0.1, 0.15) is 41.1 Å². The number of phenolic OH excluding ortho intramolecular Hbond substituents is 1. The van der Waals surface area contributed by atoms with Crippen molar-refractivity contribution in [2.45, 2.75) is 39.7 Å². The second kappa shape index (κ2) is 9.48. The first-order valence-electron chi connectivity index (χ1n) is 10.9. The van der Waals surface area contributed by atoms with Gasteiger partial charge in [0.15, 0.2) is 17.3 Å². The molecule has 2 heterocycles. The second-order valence-corrected chi connectivity index (χ2v) is 8.35. The fraction of sp³-hybridized carbons (Fsp3) is 0.280. The maximum absolute atomic E-state index is 13.4. The number of rotatable bonds is 6. The number of nitrogens with zero attached hydrogens (tertiary/aromatic N) is 2. The van der Waals surface area contributed by atoms with Gasteiger partial charge in [-0.1, -0.05) is 17.3 Å². The average Bonchev–Trinajstić information content (AvgIpc) is 3.11. The molecule has 0 aliphatic carbocycles. The van der Waals surface area contributed by atoms with Gasteiger partial charge in [0.25, 0.3) is 5.91 Å². The van der Waals surface area contributed by atoms with Gasteiger partial charge < -0.3 is 29.3 Å². The number of aromatic hydroxyl groups is 1. The molecule has 0 spiro atoms. The number of aromatic nitrogens is 1. The van der Waals surface area contributed by atoms with E-state index in [-0.39, 0.29) is 35.4 Å². The summed E-state index contributed by atoms with van der Waals surface area (Å²) in [5, 5.41) is 17.0. The van der Waals surface area contributed by atoms with Gasteiger partial charge in [-0.2, -0.15) is 0 Å². The maximum Gasteiger partial charge on any atom is 0.573 e. The van der Waals surface area contributed by atoms with Gasteiger partial charge in [-0.05, 0) is 61.7 Å². The summed E-state index contributed by atoms with van der Waals surface area (Å²) in [5.41, 5.74) is 2.90. The van der Waals surface area contributed by atoms with Crippen molar-refractivity contribution in [3.63, 3.8) is 0 Å². The number of amides is 1. The van der Waals surface area contributed by atoms with Gasteiger partial charge in [0.05, 0.1) is 18.7 Å². The third-order valence-electron chi connectivity index (χ3n) is 5.90. The number of ether oxygens (including phenoxy) is 2. The van der Waals surface area contributed by atoms with Gasteiger partial charge in [0.1, 0.15) is 17.1 Å². The number of carbonyl (C=O) groups excluding carboxylic acids is 1. The first-order valence-corrected chi connectivity index (χ1v) is 10.9. The molecule has 190 valence electrons. The predicted molar refractivity (Wildman–Crippen MR) is 124 cm³/mol. The van der Waals surface area contributed by atoms with E-state index in [1.54, 1.807) is 32.2 Å². The molecule has 1 amide bonds. The molecular weight excluding hydrogens is 479 g/mol. The summed E-state index contributed by atoms with van der Waals surface area (Å²) >= 11 is 0. The van der Waals surface area contributed by atoms with Gasteiger partial charge in [-0.25, -0.2) is 0 Å². The summed E-state index contributed by atoms with van der Waals surface area (Å²) in [6, 6.07) is 8.44. The summed E-state index contributed by atoms with van der Waals surface area (Å²) in [6.07, 6.45) is -3.19. The first-order chi connectivity index (χ1) is 17.0. The van der Waals surface area contributed by atoms with E-state index in [0.717, 1.165) is 0 Å². The Bertz CT molecular complexity index is 1310. The monoisotopic (exact) mass is 503 g/mol. The standard InChI is InChI=1S/C25H24F3N3O5/c1-13-23(15(3)36-30-13)29-24(33)20-12-31(11-16-6-5-7-17(8-16)35-25(26,27)28)14(2)18-10-22(34-4)21(32)9-19(18)20/h5-10,12,14,32H,11H2,1-4H3,(H,29,33). The summed E-state index contributed by atoms with van der Waals surface area (Å²) in [5.74, 6) is -0.279. The zero-order chi connectivity index (χ0) is 26.2. The molecule has 0 fully saturated rings. The largest absolute Gasteiger partial charge is 0.573 e. The van der Waals surface area contributed by atoms with Crippen molar-refractivity contribution in [1.82, 2.24) is 10.1 Å². The zero-order valence-corrected chi connectivity index (χ0v) is 19.9. The average molecular weight is 503 g/mol. The lowest BCUT2D eigenvalue weighted by atomic mass is 9.90. The molecule has 0 saturated heterocycles. The molecule has 2 N–H and O–H groups in total. The minimum atomic E-state index is -4.81. The Morgan fingerprint density at radius 1 is 1.25 bits per heavy atom. The lowest BCUT2D eigenvalue weighted by molar-refractivity contribution is -0.274. The fourth-order valence-electron chi connectivity index (χ4n) is 4.11. The lowest BCUT2D eigenvalue weighted by Gasteiger charge is -2.35. The molecule has 11 heteroatoms. The number of aryl methyl sites for hydroxylation is 2. The number of phenols is 1. The molecule has 8 nitrogen and oxygen atoms in total. The Kier molecular flexibility index (Phi) is 6.57. The molecule has 1 aromatic heterocycles. The predicted octanol–water partition coefficient (Wildman–Crippen LogP) is 5.46. The molecule has 0 bridgehead atoms. The van der Waals surface area contributed by atoms with Gasteiger partial charge in [-0.15, -0.1) is 13.2 Å². The Labute approximate surface area is 204 Å². The van der Waals surface area contributed by atoms with Crippen LogP contribution in [0.25, 0.3) is 5.57 Å². The van der Waals surface area contributed by atoms with E-state index in [1.807, 2.05) is 11.8 Å². The molecule has 1 atom stereocenters.